The molecule has 0 aliphatic heterocycles. The fourth-order valence-corrected chi connectivity index (χ4v) is 1.09. The molecule has 1 aromatic rings. The van der Waals surface area contributed by atoms with Gasteiger partial charge in [-0.15, -0.1) is 0 Å². The number of halogens is 3. The number of carbonyl (C=O) groups is 1. The first-order valence-electron chi connectivity index (χ1n) is 5.10. The van der Waals surface area contributed by atoms with Crippen LogP contribution in [0.4, 0.5) is 13.2 Å². The van der Waals surface area contributed by atoms with Crippen molar-refractivity contribution in [1.29, 1.82) is 0 Å². The summed E-state index contributed by atoms with van der Waals surface area (Å²) in [6.07, 6.45) is -2.69. The molecule has 6 heteroatoms. The average Bonchev–Trinajstić information content (AvgIpc) is 2.29. The second-order valence-electron chi connectivity index (χ2n) is 3.24. The number of hydrogen-bond acceptors (Lipinski definition) is 3. The van der Waals surface area contributed by atoms with E-state index < -0.39 is 17.7 Å². The van der Waals surface area contributed by atoms with Gasteiger partial charge in [0, 0.05) is 18.0 Å². The van der Waals surface area contributed by atoms with Gasteiger partial charge in [0.1, 0.15) is 6.42 Å². The van der Waals surface area contributed by atoms with Gasteiger partial charge in [-0.25, -0.2) is 0 Å². The summed E-state index contributed by atoms with van der Waals surface area (Å²) in [7, 11) is 0. The second-order valence-corrected chi connectivity index (χ2v) is 3.24. The molecule has 0 fully saturated rings. The van der Waals surface area contributed by atoms with Gasteiger partial charge in [-0.3, -0.25) is 9.78 Å². The minimum Gasteiger partial charge on any atom is -0.465 e. The standard InChI is InChI=1S/C12H10F3NO2/c1-2-18-11(17)5-3-4-9-6-10(8-16-7-9)12(13,14)15/h6-8H,2,5H2,1H3. The van der Waals surface area contributed by atoms with Crippen LogP contribution in [0.5, 0.6) is 0 Å². The summed E-state index contributed by atoms with van der Waals surface area (Å²) in [5, 5.41) is 0. The van der Waals surface area contributed by atoms with Crippen LogP contribution in [-0.2, 0) is 15.7 Å². The van der Waals surface area contributed by atoms with E-state index in [2.05, 4.69) is 21.6 Å². The van der Waals surface area contributed by atoms with Gasteiger partial charge in [-0.05, 0) is 13.0 Å². The first-order valence-corrected chi connectivity index (χ1v) is 5.10. The summed E-state index contributed by atoms with van der Waals surface area (Å²) in [5.41, 5.74) is -0.764. The smallest absolute Gasteiger partial charge is 0.417 e. The maximum atomic E-state index is 12.4. The number of ether oxygens (including phenoxy) is 1. The molecular weight excluding hydrogens is 247 g/mol. The van der Waals surface area contributed by atoms with Crippen molar-refractivity contribution in [1.82, 2.24) is 4.98 Å². The van der Waals surface area contributed by atoms with Gasteiger partial charge in [-0.2, -0.15) is 13.2 Å². The summed E-state index contributed by atoms with van der Waals surface area (Å²) in [6, 6.07) is 0.880. The zero-order valence-corrected chi connectivity index (χ0v) is 9.54. The minimum absolute atomic E-state index is 0.106. The normalized spacial score (nSPS) is 10.4. The number of hydrogen-bond donors (Lipinski definition) is 0. The maximum absolute atomic E-state index is 12.4. The Bertz CT molecular complexity index is 486. The largest absolute Gasteiger partial charge is 0.465 e. The molecule has 1 aromatic heterocycles. The van der Waals surface area contributed by atoms with Crippen molar-refractivity contribution >= 4 is 5.97 Å². The molecule has 0 aliphatic carbocycles. The highest BCUT2D eigenvalue weighted by Crippen LogP contribution is 2.28. The quantitative estimate of drug-likeness (QED) is 0.603. The Morgan fingerprint density at radius 3 is 2.78 bits per heavy atom. The summed E-state index contributed by atoms with van der Waals surface area (Å²) in [4.78, 5) is 14.4. The van der Waals surface area contributed by atoms with Crippen LogP contribution in [0.2, 0.25) is 0 Å². The van der Waals surface area contributed by atoms with Crippen LogP contribution in [-0.4, -0.2) is 17.6 Å². The molecule has 0 aliphatic rings. The van der Waals surface area contributed by atoms with Gasteiger partial charge in [0.05, 0.1) is 12.2 Å². The summed E-state index contributed by atoms with van der Waals surface area (Å²) >= 11 is 0. The van der Waals surface area contributed by atoms with Crippen LogP contribution in [0.3, 0.4) is 0 Å². The summed E-state index contributed by atoms with van der Waals surface area (Å²) in [5.74, 6) is 4.36. The van der Waals surface area contributed by atoms with Crippen molar-refractivity contribution in [3.8, 4) is 11.8 Å². The summed E-state index contributed by atoms with van der Waals surface area (Å²) < 4.78 is 41.7. The lowest BCUT2D eigenvalue weighted by molar-refractivity contribution is -0.142. The van der Waals surface area contributed by atoms with Crippen molar-refractivity contribution in [3.05, 3.63) is 29.6 Å². The monoisotopic (exact) mass is 257 g/mol. The Morgan fingerprint density at radius 2 is 2.17 bits per heavy atom. The second kappa shape index (κ2) is 6.05. The number of alkyl halides is 3. The van der Waals surface area contributed by atoms with Crippen molar-refractivity contribution in [3.63, 3.8) is 0 Å². The van der Waals surface area contributed by atoms with Crippen molar-refractivity contribution in [2.75, 3.05) is 6.61 Å². The number of nitrogens with zero attached hydrogens (tertiary/aromatic N) is 1. The molecule has 0 bridgehead atoms. The molecule has 0 saturated carbocycles. The number of carbonyl (C=O) groups excluding carboxylic acids is 1. The van der Waals surface area contributed by atoms with Crippen LogP contribution < -0.4 is 0 Å². The third-order valence-electron chi connectivity index (χ3n) is 1.84. The van der Waals surface area contributed by atoms with Crippen LogP contribution in [0.25, 0.3) is 0 Å². The van der Waals surface area contributed by atoms with E-state index in [4.69, 9.17) is 0 Å². The Kier molecular flexibility index (Phi) is 4.72. The highest BCUT2D eigenvalue weighted by Gasteiger charge is 2.30. The predicted molar refractivity (Wildman–Crippen MR) is 57.4 cm³/mol. The first-order chi connectivity index (χ1) is 8.43. The van der Waals surface area contributed by atoms with Crippen LogP contribution >= 0.6 is 0 Å². The lowest BCUT2D eigenvalue weighted by atomic mass is 10.2. The van der Waals surface area contributed by atoms with E-state index in [0.29, 0.717) is 0 Å². The molecule has 0 unspecified atom stereocenters. The highest BCUT2D eigenvalue weighted by atomic mass is 19.4. The Labute approximate surface area is 102 Å². The van der Waals surface area contributed by atoms with Gasteiger partial charge in [0.15, 0.2) is 0 Å². The lowest BCUT2D eigenvalue weighted by Crippen LogP contribution is -2.05. The van der Waals surface area contributed by atoms with Crippen LogP contribution in [0, 0.1) is 11.8 Å². The molecule has 0 spiro atoms. The van der Waals surface area contributed by atoms with E-state index in [0.717, 1.165) is 12.3 Å². The predicted octanol–water partition coefficient (Wildman–Crippen LogP) is 2.41. The van der Waals surface area contributed by atoms with E-state index >= 15 is 0 Å². The highest BCUT2D eigenvalue weighted by molar-refractivity contribution is 5.72. The van der Waals surface area contributed by atoms with Crippen LogP contribution in [0.15, 0.2) is 18.5 Å². The van der Waals surface area contributed by atoms with Gasteiger partial charge in [-0.1, -0.05) is 11.8 Å². The number of aromatic nitrogens is 1. The van der Waals surface area contributed by atoms with Crippen LogP contribution in [0.1, 0.15) is 24.5 Å². The van der Waals surface area contributed by atoms with E-state index in [1.165, 1.54) is 6.20 Å². The molecule has 18 heavy (non-hydrogen) atoms. The average molecular weight is 257 g/mol. The topological polar surface area (TPSA) is 39.2 Å². The lowest BCUT2D eigenvalue weighted by Gasteiger charge is -2.05. The fraction of sp³-hybridized carbons (Fsp3) is 0.333. The van der Waals surface area contributed by atoms with E-state index in [9.17, 15) is 18.0 Å². The number of esters is 1. The number of rotatable bonds is 2. The molecule has 0 aromatic carbocycles. The molecule has 0 radical (unpaired) electrons. The minimum atomic E-state index is -4.45. The molecule has 1 heterocycles. The van der Waals surface area contributed by atoms with Gasteiger partial charge in [0.2, 0.25) is 0 Å². The zero-order chi connectivity index (χ0) is 13.6. The summed E-state index contributed by atoms with van der Waals surface area (Å²) in [6.45, 7) is 1.90. The molecule has 0 amide bonds. The van der Waals surface area contributed by atoms with Gasteiger partial charge in [0.25, 0.3) is 0 Å². The third-order valence-corrected chi connectivity index (χ3v) is 1.84. The van der Waals surface area contributed by atoms with Crippen molar-refractivity contribution in [2.45, 2.75) is 19.5 Å². The Hall–Kier alpha value is -2.03. The zero-order valence-electron chi connectivity index (χ0n) is 9.54. The van der Waals surface area contributed by atoms with Gasteiger partial charge < -0.3 is 4.74 Å². The molecule has 96 valence electrons. The third kappa shape index (κ3) is 4.45. The number of pyridine rings is 1. The van der Waals surface area contributed by atoms with E-state index in [1.54, 1.807) is 6.92 Å². The Balaban J connectivity index is 2.74. The molecule has 0 N–H and O–H groups in total. The van der Waals surface area contributed by atoms with E-state index in [-0.39, 0.29) is 18.6 Å². The van der Waals surface area contributed by atoms with E-state index in [1.807, 2.05) is 0 Å². The molecular formula is C12H10F3NO2. The molecule has 1 rings (SSSR count). The SMILES string of the molecule is CCOC(=O)CC#Cc1cncc(C(F)(F)F)c1. The van der Waals surface area contributed by atoms with Crippen molar-refractivity contribution < 1.29 is 22.7 Å². The van der Waals surface area contributed by atoms with Gasteiger partial charge >= 0.3 is 12.1 Å². The fourth-order valence-electron chi connectivity index (χ4n) is 1.09. The maximum Gasteiger partial charge on any atom is 0.417 e. The molecule has 0 atom stereocenters. The molecule has 0 saturated heterocycles. The Morgan fingerprint density at radius 1 is 1.44 bits per heavy atom. The van der Waals surface area contributed by atoms with Crippen molar-refractivity contribution in [2.24, 2.45) is 0 Å². The first kappa shape index (κ1) is 14.0. The molecule has 3 nitrogen and oxygen atoms in total.